The van der Waals surface area contributed by atoms with Crippen molar-refractivity contribution in [1.82, 2.24) is 4.98 Å². The van der Waals surface area contributed by atoms with E-state index in [1.807, 2.05) is 19.1 Å². The molecule has 11 heavy (non-hydrogen) atoms. The van der Waals surface area contributed by atoms with Crippen LogP contribution in [0.5, 0.6) is 0 Å². The van der Waals surface area contributed by atoms with Gasteiger partial charge in [-0.3, -0.25) is 4.98 Å². The van der Waals surface area contributed by atoms with E-state index in [1.54, 1.807) is 6.20 Å². The Balaban J connectivity index is 2.93. The second-order valence-corrected chi connectivity index (χ2v) is 3.24. The maximum atomic E-state index is 5.80. The summed E-state index contributed by atoms with van der Waals surface area (Å²) < 4.78 is 0.995. The molecule has 1 aromatic rings. The summed E-state index contributed by atoms with van der Waals surface area (Å²) in [5.74, 6) is 0. The lowest BCUT2D eigenvalue weighted by molar-refractivity contribution is 0.672. The molecule has 0 spiro atoms. The topological polar surface area (TPSA) is 38.9 Å². The first kappa shape index (κ1) is 8.68. The molecule has 3 heteroatoms. The molecule has 0 aliphatic rings. The van der Waals surface area contributed by atoms with E-state index < -0.39 is 0 Å². The van der Waals surface area contributed by atoms with Crippen molar-refractivity contribution in [2.24, 2.45) is 5.73 Å². The highest BCUT2D eigenvalue weighted by molar-refractivity contribution is 9.10. The van der Waals surface area contributed by atoms with Crippen LogP contribution in [0, 0.1) is 0 Å². The Morgan fingerprint density at radius 2 is 2.45 bits per heavy atom. The van der Waals surface area contributed by atoms with E-state index in [2.05, 4.69) is 20.9 Å². The maximum absolute atomic E-state index is 5.80. The second-order valence-electron chi connectivity index (χ2n) is 2.39. The molecule has 1 aromatic heterocycles. The van der Waals surface area contributed by atoms with Gasteiger partial charge in [0, 0.05) is 16.7 Å². The molecule has 1 heterocycles. The van der Waals surface area contributed by atoms with Gasteiger partial charge in [-0.1, -0.05) is 6.92 Å². The second kappa shape index (κ2) is 3.83. The molecule has 0 radical (unpaired) electrons. The quantitative estimate of drug-likeness (QED) is 0.821. The predicted octanol–water partition coefficient (Wildman–Crippen LogP) is 2.25. The lowest BCUT2D eigenvalue weighted by atomic mass is 10.1. The number of aromatic nitrogens is 1. The summed E-state index contributed by atoms with van der Waals surface area (Å²) in [6.45, 7) is 2.05. The number of hydrogen-bond donors (Lipinski definition) is 1. The van der Waals surface area contributed by atoms with Crippen LogP contribution in [0.1, 0.15) is 25.1 Å². The number of nitrogens with two attached hydrogens (primary N) is 1. The zero-order valence-electron chi connectivity index (χ0n) is 6.42. The summed E-state index contributed by atoms with van der Waals surface area (Å²) >= 11 is 3.40. The molecule has 0 bridgehead atoms. The minimum Gasteiger partial charge on any atom is -0.323 e. The average molecular weight is 215 g/mol. The van der Waals surface area contributed by atoms with Crippen molar-refractivity contribution in [2.75, 3.05) is 0 Å². The highest BCUT2D eigenvalue weighted by Gasteiger charge is 2.07. The molecule has 2 N–H and O–H groups in total. The van der Waals surface area contributed by atoms with Crippen molar-refractivity contribution in [1.29, 1.82) is 0 Å². The third-order valence-corrected chi connectivity index (χ3v) is 2.25. The van der Waals surface area contributed by atoms with E-state index in [0.717, 1.165) is 16.6 Å². The third-order valence-electron chi connectivity index (χ3n) is 1.58. The summed E-state index contributed by atoms with van der Waals surface area (Å²) in [6.07, 6.45) is 2.67. The molecular weight excluding hydrogens is 204 g/mol. The number of halogens is 1. The average Bonchev–Trinajstić information content (AvgIpc) is 2.04. The SMILES string of the molecule is CC[C@@H](N)c1ncccc1Br. The lowest BCUT2D eigenvalue weighted by Crippen LogP contribution is -2.10. The highest BCUT2D eigenvalue weighted by atomic mass is 79.9. The fourth-order valence-corrected chi connectivity index (χ4v) is 1.41. The third kappa shape index (κ3) is 2.01. The molecule has 0 aromatic carbocycles. The van der Waals surface area contributed by atoms with Gasteiger partial charge in [-0.05, 0) is 34.5 Å². The molecule has 0 fully saturated rings. The van der Waals surface area contributed by atoms with Gasteiger partial charge >= 0.3 is 0 Å². The van der Waals surface area contributed by atoms with Gasteiger partial charge in [-0.25, -0.2) is 0 Å². The van der Waals surface area contributed by atoms with Gasteiger partial charge in [0.05, 0.1) is 5.69 Å². The Kier molecular flexibility index (Phi) is 3.02. The molecule has 0 aliphatic heterocycles. The first-order chi connectivity index (χ1) is 5.25. The molecule has 0 amide bonds. The Bertz CT molecular complexity index is 237. The zero-order valence-corrected chi connectivity index (χ0v) is 8.01. The van der Waals surface area contributed by atoms with Crippen LogP contribution < -0.4 is 5.73 Å². The molecule has 0 aliphatic carbocycles. The molecule has 2 nitrogen and oxygen atoms in total. The number of nitrogens with zero attached hydrogens (tertiary/aromatic N) is 1. The Morgan fingerprint density at radius 1 is 1.73 bits per heavy atom. The molecule has 1 atom stereocenters. The zero-order chi connectivity index (χ0) is 8.27. The summed E-state index contributed by atoms with van der Waals surface area (Å²) in [7, 11) is 0. The van der Waals surface area contributed by atoms with Crippen LogP contribution in [0.2, 0.25) is 0 Å². The largest absolute Gasteiger partial charge is 0.323 e. The van der Waals surface area contributed by atoms with Crippen molar-refractivity contribution in [3.8, 4) is 0 Å². The molecule has 60 valence electrons. The number of hydrogen-bond acceptors (Lipinski definition) is 2. The highest BCUT2D eigenvalue weighted by Crippen LogP contribution is 2.20. The van der Waals surface area contributed by atoms with Crippen LogP contribution >= 0.6 is 15.9 Å². The fourth-order valence-electron chi connectivity index (χ4n) is 0.864. The summed E-state index contributed by atoms with van der Waals surface area (Å²) in [4.78, 5) is 4.18. The Labute approximate surface area is 75.0 Å². The van der Waals surface area contributed by atoms with Crippen LogP contribution in [0.25, 0.3) is 0 Å². The van der Waals surface area contributed by atoms with Gasteiger partial charge in [0.1, 0.15) is 0 Å². The van der Waals surface area contributed by atoms with E-state index in [0.29, 0.717) is 0 Å². The standard InChI is InChI=1S/C8H11BrN2/c1-2-7(10)8-6(9)4-3-5-11-8/h3-5,7H,2,10H2,1H3/t7-/m1/s1. The lowest BCUT2D eigenvalue weighted by Gasteiger charge is -2.08. The Morgan fingerprint density at radius 3 is 3.00 bits per heavy atom. The van der Waals surface area contributed by atoms with Crippen molar-refractivity contribution in [3.63, 3.8) is 0 Å². The van der Waals surface area contributed by atoms with Gasteiger partial charge < -0.3 is 5.73 Å². The molecule has 0 saturated heterocycles. The minimum atomic E-state index is 0.0468. The van der Waals surface area contributed by atoms with Gasteiger partial charge in [0.2, 0.25) is 0 Å². The van der Waals surface area contributed by atoms with Crippen molar-refractivity contribution < 1.29 is 0 Å². The molecule has 0 saturated carbocycles. The van der Waals surface area contributed by atoms with E-state index in [1.165, 1.54) is 0 Å². The van der Waals surface area contributed by atoms with E-state index in [-0.39, 0.29) is 6.04 Å². The smallest absolute Gasteiger partial charge is 0.0712 e. The first-order valence-corrected chi connectivity index (χ1v) is 4.41. The molecule has 1 rings (SSSR count). The monoisotopic (exact) mass is 214 g/mol. The normalized spacial score (nSPS) is 13.0. The predicted molar refractivity (Wildman–Crippen MR) is 49.2 cm³/mol. The maximum Gasteiger partial charge on any atom is 0.0712 e. The van der Waals surface area contributed by atoms with Crippen molar-refractivity contribution >= 4 is 15.9 Å². The molecule has 0 unspecified atom stereocenters. The van der Waals surface area contributed by atoms with Crippen LogP contribution in [-0.2, 0) is 0 Å². The van der Waals surface area contributed by atoms with E-state index in [4.69, 9.17) is 5.73 Å². The first-order valence-electron chi connectivity index (χ1n) is 3.61. The summed E-state index contributed by atoms with van der Waals surface area (Å²) in [6, 6.07) is 3.89. The van der Waals surface area contributed by atoms with Gasteiger partial charge in [-0.2, -0.15) is 0 Å². The number of rotatable bonds is 2. The van der Waals surface area contributed by atoms with Crippen LogP contribution in [0.3, 0.4) is 0 Å². The van der Waals surface area contributed by atoms with E-state index in [9.17, 15) is 0 Å². The van der Waals surface area contributed by atoms with E-state index >= 15 is 0 Å². The van der Waals surface area contributed by atoms with Crippen LogP contribution in [0.4, 0.5) is 0 Å². The Hall–Kier alpha value is -0.410. The van der Waals surface area contributed by atoms with Crippen molar-refractivity contribution in [2.45, 2.75) is 19.4 Å². The number of pyridine rings is 1. The summed E-state index contributed by atoms with van der Waals surface area (Å²) in [5.41, 5.74) is 6.74. The summed E-state index contributed by atoms with van der Waals surface area (Å²) in [5, 5.41) is 0. The van der Waals surface area contributed by atoms with Crippen molar-refractivity contribution in [3.05, 3.63) is 28.5 Å². The van der Waals surface area contributed by atoms with Gasteiger partial charge in [0.15, 0.2) is 0 Å². The van der Waals surface area contributed by atoms with Crippen LogP contribution in [-0.4, -0.2) is 4.98 Å². The van der Waals surface area contributed by atoms with Gasteiger partial charge in [0.25, 0.3) is 0 Å². The minimum absolute atomic E-state index is 0.0468. The van der Waals surface area contributed by atoms with Gasteiger partial charge in [-0.15, -0.1) is 0 Å². The van der Waals surface area contributed by atoms with Crippen LogP contribution in [0.15, 0.2) is 22.8 Å². The fraction of sp³-hybridized carbons (Fsp3) is 0.375. The molecular formula is C8H11BrN2.